The third kappa shape index (κ3) is 5.89. The second-order valence-electron chi connectivity index (χ2n) is 10.1. The molecule has 5 aromatic rings. The topological polar surface area (TPSA) is 150 Å². The molecule has 43 heavy (non-hydrogen) atoms. The molecule has 0 atom stereocenters. The molecule has 12 heteroatoms. The van der Waals surface area contributed by atoms with Crippen molar-refractivity contribution in [2.45, 2.75) is 39.5 Å². The summed E-state index contributed by atoms with van der Waals surface area (Å²) in [6.07, 6.45) is 6.42. The van der Waals surface area contributed by atoms with Crippen LogP contribution in [0.4, 0.5) is 11.5 Å². The molecule has 1 fully saturated rings. The van der Waals surface area contributed by atoms with E-state index >= 15 is 0 Å². The zero-order valence-corrected chi connectivity index (χ0v) is 24.5. The summed E-state index contributed by atoms with van der Waals surface area (Å²) in [6, 6.07) is 13.7. The minimum absolute atomic E-state index is 0.124. The number of anilines is 2. The van der Waals surface area contributed by atoms with Crippen LogP contribution in [0, 0.1) is 6.92 Å². The van der Waals surface area contributed by atoms with Crippen LogP contribution < -0.4 is 10.1 Å². The summed E-state index contributed by atoms with van der Waals surface area (Å²) in [5, 5.41) is 35.5. The van der Waals surface area contributed by atoms with E-state index in [1.165, 1.54) is 11.2 Å². The fourth-order valence-corrected chi connectivity index (χ4v) is 5.32. The Kier molecular flexibility index (Phi) is 8.37. The first-order chi connectivity index (χ1) is 20.8. The number of hydrogen-bond acceptors (Lipinski definition) is 9. The van der Waals surface area contributed by atoms with Crippen molar-refractivity contribution in [1.82, 2.24) is 29.0 Å². The molecule has 0 saturated carbocycles. The predicted octanol–water partition coefficient (Wildman–Crippen LogP) is 6.04. The molecule has 224 valence electrons. The van der Waals surface area contributed by atoms with Gasteiger partial charge in [-0.05, 0) is 73.2 Å². The normalized spacial score (nSPS) is 13.4. The van der Waals surface area contributed by atoms with E-state index in [2.05, 4.69) is 20.4 Å². The maximum absolute atomic E-state index is 12.3. The highest BCUT2D eigenvalue weighted by Crippen LogP contribution is 2.35. The highest BCUT2D eigenvalue weighted by Gasteiger charge is 2.29. The number of carbonyl (C=O) groups excluding carboxylic acids is 1. The van der Waals surface area contributed by atoms with Crippen molar-refractivity contribution in [2.24, 2.45) is 7.05 Å². The van der Waals surface area contributed by atoms with Gasteiger partial charge < -0.3 is 34.8 Å². The minimum Gasteiger partial charge on any atom is -0.498 e. The molecule has 4 N–H and O–H groups in total. The highest BCUT2D eigenvalue weighted by molar-refractivity contribution is 5.91. The standard InChI is InChI=1S/C29H29N7O5.C2H6/c1-17-13-19(3-6-24(17)41-20-4-5-23-22(14-20)31-16-34(23)2)33-27-25-21(9-12-36(25)32-15-30-27)18-7-10-35(11-8-18)28(38)26(37)29(39)40;1-2/h3-6,9,12-16,18,37,39-40H,7-8,10-11H2,1-2H3,(H,30,32,33);1-2H3. The number of nitrogens with zero attached hydrogens (tertiary/aromatic N) is 6. The Bertz CT molecular complexity index is 1800. The van der Waals surface area contributed by atoms with Crippen LogP contribution in [0.3, 0.4) is 0 Å². The van der Waals surface area contributed by atoms with Crippen LogP contribution >= 0.6 is 0 Å². The van der Waals surface area contributed by atoms with E-state index in [0.717, 1.165) is 39.1 Å². The number of imidazole rings is 1. The Morgan fingerprint density at radius 2 is 1.79 bits per heavy atom. The molecule has 6 rings (SSSR count). The maximum Gasteiger partial charge on any atom is 0.324 e. The monoisotopic (exact) mass is 585 g/mol. The van der Waals surface area contributed by atoms with E-state index in [1.807, 2.05) is 81.0 Å². The molecule has 1 saturated heterocycles. The van der Waals surface area contributed by atoms with Crippen LogP contribution in [0.1, 0.15) is 43.7 Å². The predicted molar refractivity (Wildman–Crippen MR) is 163 cm³/mol. The van der Waals surface area contributed by atoms with Gasteiger partial charge in [-0.25, -0.2) is 14.5 Å². The van der Waals surface area contributed by atoms with E-state index < -0.39 is 17.6 Å². The third-order valence-corrected chi connectivity index (χ3v) is 7.48. The summed E-state index contributed by atoms with van der Waals surface area (Å²) in [5.41, 5.74) is 5.58. The first-order valence-corrected chi connectivity index (χ1v) is 14.2. The average Bonchev–Trinajstić information content (AvgIpc) is 3.63. The van der Waals surface area contributed by atoms with Gasteiger partial charge in [-0.15, -0.1) is 0 Å². The van der Waals surface area contributed by atoms with Crippen LogP contribution in [0.5, 0.6) is 11.5 Å². The first-order valence-electron chi connectivity index (χ1n) is 14.2. The largest absolute Gasteiger partial charge is 0.498 e. The molecule has 0 radical (unpaired) electrons. The van der Waals surface area contributed by atoms with Crippen molar-refractivity contribution >= 4 is 34.0 Å². The van der Waals surface area contributed by atoms with Crippen molar-refractivity contribution < 1.29 is 24.9 Å². The van der Waals surface area contributed by atoms with Crippen LogP contribution in [-0.2, 0) is 11.8 Å². The average molecular weight is 586 g/mol. The lowest BCUT2D eigenvalue weighted by Gasteiger charge is -2.31. The number of benzene rings is 2. The highest BCUT2D eigenvalue weighted by atomic mass is 16.5. The molecule has 1 aliphatic heterocycles. The molecule has 2 aromatic carbocycles. The fourth-order valence-electron chi connectivity index (χ4n) is 5.32. The Hall–Kier alpha value is -5.26. The van der Waals surface area contributed by atoms with Gasteiger partial charge in [0.2, 0.25) is 0 Å². The minimum atomic E-state index is -1.37. The molecule has 3 aromatic heterocycles. The summed E-state index contributed by atoms with van der Waals surface area (Å²) < 4.78 is 9.90. The van der Waals surface area contributed by atoms with Gasteiger partial charge in [0.1, 0.15) is 23.3 Å². The molecular weight excluding hydrogens is 550 g/mol. The number of aliphatic hydroxyl groups is 3. The molecule has 4 heterocycles. The third-order valence-electron chi connectivity index (χ3n) is 7.48. The number of amides is 1. The summed E-state index contributed by atoms with van der Waals surface area (Å²) in [5.74, 6) is -0.989. The van der Waals surface area contributed by atoms with Gasteiger partial charge in [-0.3, -0.25) is 4.79 Å². The number of piperidine rings is 1. The number of carbonyl (C=O) groups is 1. The number of ether oxygens (including phenoxy) is 1. The van der Waals surface area contributed by atoms with Crippen LogP contribution in [0.2, 0.25) is 0 Å². The molecule has 0 aliphatic carbocycles. The number of aryl methyl sites for hydroxylation is 2. The first kappa shape index (κ1) is 29.2. The van der Waals surface area contributed by atoms with Gasteiger partial charge in [0, 0.05) is 38.1 Å². The lowest BCUT2D eigenvalue weighted by molar-refractivity contribution is -0.131. The van der Waals surface area contributed by atoms with Gasteiger partial charge in [-0.2, -0.15) is 5.10 Å². The lowest BCUT2D eigenvalue weighted by atomic mass is 9.90. The van der Waals surface area contributed by atoms with Gasteiger partial charge in [-0.1, -0.05) is 13.8 Å². The summed E-state index contributed by atoms with van der Waals surface area (Å²) in [4.78, 5) is 22.6. The Balaban J connectivity index is 0.00000180. The van der Waals surface area contributed by atoms with Crippen molar-refractivity contribution in [3.05, 3.63) is 84.1 Å². The summed E-state index contributed by atoms with van der Waals surface area (Å²) in [6.45, 7) is 6.71. The van der Waals surface area contributed by atoms with Gasteiger partial charge in [0.15, 0.2) is 5.82 Å². The van der Waals surface area contributed by atoms with Crippen molar-refractivity contribution in [3.63, 3.8) is 0 Å². The second-order valence-corrected chi connectivity index (χ2v) is 10.1. The molecular formula is C31H35N7O5. The molecule has 0 bridgehead atoms. The Morgan fingerprint density at radius 3 is 2.51 bits per heavy atom. The molecule has 0 spiro atoms. The number of aliphatic hydroxyl groups excluding tert-OH is 2. The van der Waals surface area contributed by atoms with Crippen LogP contribution in [0.25, 0.3) is 16.6 Å². The van der Waals surface area contributed by atoms with E-state index in [9.17, 15) is 9.90 Å². The van der Waals surface area contributed by atoms with E-state index in [4.69, 9.17) is 14.9 Å². The van der Waals surface area contributed by atoms with Gasteiger partial charge in [0.05, 0.1) is 17.4 Å². The molecule has 1 aliphatic rings. The van der Waals surface area contributed by atoms with Crippen molar-refractivity contribution in [1.29, 1.82) is 0 Å². The van der Waals surface area contributed by atoms with Crippen LogP contribution in [-0.4, -0.2) is 63.4 Å². The lowest BCUT2D eigenvalue weighted by Crippen LogP contribution is -2.39. The number of nitrogens with one attached hydrogen (secondary N) is 1. The van der Waals surface area contributed by atoms with Gasteiger partial charge >= 0.3 is 5.95 Å². The Labute approximate surface area is 248 Å². The number of aromatic nitrogens is 5. The summed E-state index contributed by atoms with van der Waals surface area (Å²) >= 11 is 0. The van der Waals surface area contributed by atoms with E-state index in [0.29, 0.717) is 37.5 Å². The van der Waals surface area contributed by atoms with Gasteiger partial charge in [0.25, 0.3) is 11.7 Å². The number of rotatable bonds is 6. The quantitative estimate of drug-likeness (QED) is 0.138. The number of hydrogen-bond donors (Lipinski definition) is 4. The van der Waals surface area contributed by atoms with E-state index in [1.54, 1.807) is 10.8 Å². The zero-order chi connectivity index (χ0) is 30.7. The smallest absolute Gasteiger partial charge is 0.324 e. The fraction of sp³-hybridized carbons (Fsp3) is 0.290. The number of likely N-dealkylation sites (tertiary alicyclic amines) is 1. The second kappa shape index (κ2) is 12.3. The Morgan fingerprint density at radius 1 is 1.02 bits per heavy atom. The molecule has 12 nitrogen and oxygen atoms in total. The SMILES string of the molecule is CC.Cc1cc(Nc2ncnn3ccc(C4CCN(C(=O)C(O)=C(O)O)CC4)c23)ccc1Oc1ccc2c(c1)ncn2C. The van der Waals surface area contributed by atoms with Crippen molar-refractivity contribution in [2.75, 3.05) is 18.4 Å². The summed E-state index contributed by atoms with van der Waals surface area (Å²) in [7, 11) is 1.96. The number of fused-ring (bicyclic) bond motifs is 2. The molecule has 0 unspecified atom stereocenters. The van der Waals surface area contributed by atoms with Crippen molar-refractivity contribution in [3.8, 4) is 11.5 Å². The maximum atomic E-state index is 12.3. The molecule has 1 amide bonds. The van der Waals surface area contributed by atoms with Crippen LogP contribution in [0.15, 0.2) is 73.0 Å². The zero-order valence-electron chi connectivity index (χ0n) is 24.5. The van der Waals surface area contributed by atoms with E-state index in [-0.39, 0.29) is 5.92 Å².